The van der Waals surface area contributed by atoms with Crippen LogP contribution in [0.3, 0.4) is 0 Å². The van der Waals surface area contributed by atoms with Crippen LogP contribution in [0.2, 0.25) is 0 Å². The summed E-state index contributed by atoms with van der Waals surface area (Å²) in [5, 5.41) is 2.85. The number of carbonyl (C=O) groups is 2. The van der Waals surface area contributed by atoms with Crippen LogP contribution in [-0.4, -0.2) is 30.4 Å². The highest BCUT2D eigenvalue weighted by atomic mass is 16.2. The van der Waals surface area contributed by atoms with Crippen molar-refractivity contribution in [2.24, 2.45) is 11.5 Å². The molecule has 1 aromatic carbocycles. The second-order valence-corrected chi connectivity index (χ2v) is 6.25. The van der Waals surface area contributed by atoms with Crippen LogP contribution < -0.4 is 21.7 Å². The van der Waals surface area contributed by atoms with E-state index in [2.05, 4.69) is 10.2 Å². The highest BCUT2D eigenvalue weighted by molar-refractivity contribution is 6.03. The van der Waals surface area contributed by atoms with E-state index < -0.39 is 11.4 Å². The largest absolute Gasteiger partial charge is 0.371 e. The summed E-state index contributed by atoms with van der Waals surface area (Å²) >= 11 is 0. The van der Waals surface area contributed by atoms with E-state index >= 15 is 0 Å². The van der Waals surface area contributed by atoms with Crippen molar-refractivity contribution in [1.29, 1.82) is 0 Å². The minimum atomic E-state index is -0.715. The number of amides is 2. The zero-order valence-electron chi connectivity index (χ0n) is 12.6. The van der Waals surface area contributed by atoms with E-state index in [1.165, 1.54) is 6.42 Å². The molecule has 6 nitrogen and oxygen atoms in total. The Kier molecular flexibility index (Phi) is 3.78. The van der Waals surface area contributed by atoms with Crippen LogP contribution in [0, 0.1) is 0 Å². The van der Waals surface area contributed by atoms with Gasteiger partial charge in [-0.2, -0.15) is 0 Å². The number of anilines is 2. The third-order valence-electron chi connectivity index (χ3n) is 4.46. The summed E-state index contributed by atoms with van der Waals surface area (Å²) in [6.07, 6.45) is 4.84. The Morgan fingerprint density at radius 2 is 1.82 bits per heavy atom. The number of nitrogens with one attached hydrogen (secondary N) is 1. The number of rotatable bonds is 4. The molecule has 0 radical (unpaired) electrons. The van der Waals surface area contributed by atoms with Crippen molar-refractivity contribution in [1.82, 2.24) is 0 Å². The Morgan fingerprint density at radius 3 is 2.41 bits per heavy atom. The average molecular weight is 302 g/mol. The predicted octanol–water partition coefficient (Wildman–Crippen LogP) is 1.21. The Balaban J connectivity index is 1.86. The smallest absolute Gasteiger partial charge is 0.250 e. The molecule has 118 valence electrons. The van der Waals surface area contributed by atoms with Gasteiger partial charge in [-0.05, 0) is 50.3 Å². The molecule has 5 N–H and O–H groups in total. The van der Waals surface area contributed by atoms with Gasteiger partial charge in [0.1, 0.15) is 0 Å². The molecule has 3 rings (SSSR count). The number of nitrogens with zero attached hydrogens (tertiary/aromatic N) is 1. The lowest BCUT2D eigenvalue weighted by Gasteiger charge is -2.30. The highest BCUT2D eigenvalue weighted by Gasteiger charge is 2.46. The fourth-order valence-electron chi connectivity index (χ4n) is 2.83. The van der Waals surface area contributed by atoms with Crippen LogP contribution in [0.4, 0.5) is 11.4 Å². The number of hydrogen-bond donors (Lipinski definition) is 3. The Bertz CT molecular complexity index is 604. The molecule has 22 heavy (non-hydrogen) atoms. The average Bonchev–Trinajstić information content (AvgIpc) is 3.27. The molecular formula is C16H22N4O2. The summed E-state index contributed by atoms with van der Waals surface area (Å²) in [7, 11) is 0. The van der Waals surface area contributed by atoms with Crippen molar-refractivity contribution >= 4 is 23.2 Å². The van der Waals surface area contributed by atoms with Crippen LogP contribution in [0.25, 0.3) is 0 Å². The SMILES string of the molecule is NC(=O)c1ccc(NC(=O)C2(N)CC2)cc1N1CCCCC1. The van der Waals surface area contributed by atoms with Crippen LogP contribution in [0.1, 0.15) is 42.5 Å². The van der Waals surface area contributed by atoms with Gasteiger partial charge in [0.15, 0.2) is 0 Å². The number of primary amides is 1. The highest BCUT2D eigenvalue weighted by Crippen LogP contribution is 2.34. The first-order chi connectivity index (χ1) is 10.5. The third-order valence-corrected chi connectivity index (χ3v) is 4.46. The van der Waals surface area contributed by atoms with Gasteiger partial charge in [-0.3, -0.25) is 9.59 Å². The summed E-state index contributed by atoms with van der Waals surface area (Å²) in [6, 6.07) is 5.21. The molecule has 6 heteroatoms. The van der Waals surface area contributed by atoms with Crippen molar-refractivity contribution in [3.63, 3.8) is 0 Å². The maximum Gasteiger partial charge on any atom is 0.250 e. The molecule has 0 atom stereocenters. The standard InChI is InChI=1S/C16H22N4O2/c17-14(21)12-5-4-11(19-15(22)16(18)6-7-16)10-13(12)20-8-2-1-3-9-20/h4-5,10H,1-3,6-9,18H2,(H2,17,21)(H,19,22). The Labute approximate surface area is 129 Å². The van der Waals surface area contributed by atoms with E-state index in [0.29, 0.717) is 11.3 Å². The molecule has 1 aliphatic carbocycles. The molecular weight excluding hydrogens is 280 g/mol. The maximum atomic E-state index is 12.1. The second-order valence-electron chi connectivity index (χ2n) is 6.25. The summed E-state index contributed by atoms with van der Waals surface area (Å²) in [6.45, 7) is 1.80. The first-order valence-electron chi connectivity index (χ1n) is 7.79. The predicted molar refractivity (Wildman–Crippen MR) is 85.8 cm³/mol. The molecule has 1 aromatic rings. The van der Waals surface area contributed by atoms with Gasteiger partial charge in [0.25, 0.3) is 5.91 Å². The lowest BCUT2D eigenvalue weighted by molar-refractivity contribution is -0.118. The summed E-state index contributed by atoms with van der Waals surface area (Å²) in [5.74, 6) is -0.611. The molecule has 2 fully saturated rings. The quantitative estimate of drug-likeness (QED) is 0.778. The van der Waals surface area contributed by atoms with Crippen molar-refractivity contribution in [3.05, 3.63) is 23.8 Å². The topological polar surface area (TPSA) is 101 Å². The Morgan fingerprint density at radius 1 is 1.14 bits per heavy atom. The van der Waals surface area contributed by atoms with Gasteiger partial charge in [0, 0.05) is 18.8 Å². The lowest BCUT2D eigenvalue weighted by Crippen LogP contribution is -2.38. The number of carbonyl (C=O) groups excluding carboxylic acids is 2. The fourth-order valence-corrected chi connectivity index (χ4v) is 2.83. The van der Waals surface area contributed by atoms with E-state index in [9.17, 15) is 9.59 Å². The van der Waals surface area contributed by atoms with Gasteiger partial charge in [-0.25, -0.2) is 0 Å². The minimum Gasteiger partial charge on any atom is -0.371 e. The second kappa shape index (κ2) is 5.61. The lowest BCUT2D eigenvalue weighted by atomic mass is 10.1. The number of benzene rings is 1. The van der Waals surface area contributed by atoms with Crippen LogP contribution in [0.15, 0.2) is 18.2 Å². The van der Waals surface area contributed by atoms with Crippen molar-refractivity contribution < 1.29 is 9.59 Å². The van der Waals surface area contributed by atoms with Crippen LogP contribution in [-0.2, 0) is 4.79 Å². The van der Waals surface area contributed by atoms with Gasteiger partial charge in [-0.1, -0.05) is 0 Å². The molecule has 0 bridgehead atoms. The van der Waals surface area contributed by atoms with E-state index in [4.69, 9.17) is 11.5 Å². The molecule has 2 aliphatic rings. The Hall–Kier alpha value is -2.08. The van der Waals surface area contributed by atoms with Crippen LogP contribution >= 0.6 is 0 Å². The van der Waals surface area contributed by atoms with E-state index in [-0.39, 0.29) is 5.91 Å². The van der Waals surface area contributed by atoms with Crippen molar-refractivity contribution in [2.45, 2.75) is 37.6 Å². The number of nitrogens with two attached hydrogens (primary N) is 2. The fraction of sp³-hybridized carbons (Fsp3) is 0.500. The van der Waals surface area contributed by atoms with Crippen molar-refractivity contribution in [3.8, 4) is 0 Å². The molecule has 1 aliphatic heterocycles. The van der Waals surface area contributed by atoms with Gasteiger partial charge in [0.05, 0.1) is 16.8 Å². The summed E-state index contributed by atoms with van der Waals surface area (Å²) in [4.78, 5) is 25.9. The van der Waals surface area contributed by atoms with Crippen molar-refractivity contribution in [2.75, 3.05) is 23.3 Å². The van der Waals surface area contributed by atoms with E-state index in [1.54, 1.807) is 12.1 Å². The molecule has 1 saturated heterocycles. The molecule has 2 amide bonds. The van der Waals surface area contributed by atoms with E-state index in [0.717, 1.165) is 44.5 Å². The summed E-state index contributed by atoms with van der Waals surface area (Å²) in [5.41, 5.74) is 12.6. The van der Waals surface area contributed by atoms with Crippen LogP contribution in [0.5, 0.6) is 0 Å². The first kappa shape index (κ1) is 14.8. The zero-order chi connectivity index (χ0) is 15.7. The molecule has 0 spiro atoms. The monoisotopic (exact) mass is 302 g/mol. The van der Waals surface area contributed by atoms with Gasteiger partial charge < -0.3 is 21.7 Å². The van der Waals surface area contributed by atoms with Gasteiger partial charge in [0.2, 0.25) is 5.91 Å². The molecule has 0 unspecified atom stereocenters. The normalized spacial score (nSPS) is 19.6. The molecule has 1 saturated carbocycles. The molecule has 0 aromatic heterocycles. The number of hydrogen-bond acceptors (Lipinski definition) is 4. The minimum absolute atomic E-state index is 0.163. The maximum absolute atomic E-state index is 12.1. The van der Waals surface area contributed by atoms with Gasteiger partial charge in [-0.15, -0.1) is 0 Å². The number of piperidine rings is 1. The van der Waals surface area contributed by atoms with E-state index in [1.807, 2.05) is 6.07 Å². The first-order valence-corrected chi connectivity index (χ1v) is 7.79. The molecule has 1 heterocycles. The zero-order valence-corrected chi connectivity index (χ0v) is 12.6. The van der Waals surface area contributed by atoms with Gasteiger partial charge >= 0.3 is 0 Å². The third kappa shape index (κ3) is 2.92. The summed E-state index contributed by atoms with van der Waals surface area (Å²) < 4.78 is 0.